The molecule has 0 radical (unpaired) electrons. The standard InChI is InChI=1S/C13H9ClN6S/c1-7-5-10(16-15-7)12-19-20-11(17-18-13(20)21-12)8-3-2-4-9(14)6-8/h2-6H,1H3,(H,15,16). The van der Waals surface area contributed by atoms with Crippen LogP contribution in [0, 0.1) is 6.92 Å². The van der Waals surface area contributed by atoms with Gasteiger partial charge in [0.1, 0.15) is 5.69 Å². The predicted molar refractivity (Wildman–Crippen MR) is 81.4 cm³/mol. The minimum Gasteiger partial charge on any atom is -0.282 e. The zero-order valence-electron chi connectivity index (χ0n) is 10.9. The van der Waals surface area contributed by atoms with E-state index in [0.29, 0.717) is 10.8 Å². The SMILES string of the molecule is Cc1cc(-c2nn3c(-c4cccc(Cl)c4)nnc3s2)n[nH]1. The molecular formula is C13H9ClN6S. The van der Waals surface area contributed by atoms with Crippen molar-refractivity contribution >= 4 is 27.9 Å². The van der Waals surface area contributed by atoms with E-state index in [-0.39, 0.29) is 0 Å². The molecule has 21 heavy (non-hydrogen) atoms. The molecule has 0 saturated heterocycles. The van der Waals surface area contributed by atoms with Crippen molar-refractivity contribution in [3.8, 4) is 22.1 Å². The number of fused-ring (bicyclic) bond motifs is 1. The smallest absolute Gasteiger partial charge is 0.235 e. The van der Waals surface area contributed by atoms with Gasteiger partial charge in [-0.15, -0.1) is 10.2 Å². The number of rotatable bonds is 2. The van der Waals surface area contributed by atoms with Crippen LogP contribution in [0.5, 0.6) is 0 Å². The van der Waals surface area contributed by atoms with Gasteiger partial charge in [-0.2, -0.15) is 14.7 Å². The molecule has 0 aliphatic heterocycles. The summed E-state index contributed by atoms with van der Waals surface area (Å²) in [5.74, 6) is 0.669. The molecule has 0 spiro atoms. The van der Waals surface area contributed by atoms with Crippen molar-refractivity contribution in [2.75, 3.05) is 0 Å². The van der Waals surface area contributed by atoms with Crippen LogP contribution >= 0.6 is 22.9 Å². The molecule has 0 fully saturated rings. The van der Waals surface area contributed by atoms with Crippen LogP contribution in [0.3, 0.4) is 0 Å². The highest BCUT2D eigenvalue weighted by molar-refractivity contribution is 7.19. The summed E-state index contributed by atoms with van der Waals surface area (Å²) in [7, 11) is 0. The number of H-pyrrole nitrogens is 1. The zero-order chi connectivity index (χ0) is 14.4. The highest BCUT2D eigenvalue weighted by Gasteiger charge is 2.15. The van der Waals surface area contributed by atoms with Gasteiger partial charge in [-0.3, -0.25) is 5.10 Å². The van der Waals surface area contributed by atoms with Gasteiger partial charge in [0, 0.05) is 16.3 Å². The Morgan fingerprint density at radius 3 is 2.90 bits per heavy atom. The average Bonchev–Trinajstić information content (AvgIpc) is 3.12. The number of hydrogen-bond donors (Lipinski definition) is 1. The Balaban J connectivity index is 1.86. The Morgan fingerprint density at radius 2 is 2.14 bits per heavy atom. The van der Waals surface area contributed by atoms with Crippen LogP contribution in [0.25, 0.3) is 27.1 Å². The minimum atomic E-state index is 0.655. The number of aromatic amines is 1. The monoisotopic (exact) mass is 316 g/mol. The van der Waals surface area contributed by atoms with Crippen LogP contribution < -0.4 is 0 Å². The molecule has 4 aromatic rings. The summed E-state index contributed by atoms with van der Waals surface area (Å²) >= 11 is 7.47. The molecular weight excluding hydrogens is 308 g/mol. The van der Waals surface area contributed by atoms with Crippen LogP contribution in [-0.2, 0) is 0 Å². The highest BCUT2D eigenvalue weighted by atomic mass is 35.5. The Bertz CT molecular complexity index is 937. The number of hydrogen-bond acceptors (Lipinski definition) is 5. The third-order valence-electron chi connectivity index (χ3n) is 3.00. The maximum atomic E-state index is 6.03. The van der Waals surface area contributed by atoms with Gasteiger partial charge in [0.25, 0.3) is 0 Å². The summed E-state index contributed by atoms with van der Waals surface area (Å²) < 4.78 is 1.72. The second kappa shape index (κ2) is 4.64. The molecule has 0 unspecified atom stereocenters. The van der Waals surface area contributed by atoms with Gasteiger partial charge >= 0.3 is 0 Å². The second-order valence-corrected chi connectivity index (χ2v) is 5.96. The van der Waals surface area contributed by atoms with Crippen LogP contribution in [0.15, 0.2) is 30.3 Å². The Morgan fingerprint density at radius 1 is 1.24 bits per heavy atom. The van der Waals surface area contributed by atoms with Gasteiger partial charge in [0.2, 0.25) is 4.96 Å². The topological polar surface area (TPSA) is 71.8 Å². The molecule has 0 saturated carbocycles. The number of aryl methyl sites for hydroxylation is 1. The first-order valence-corrected chi connectivity index (χ1v) is 7.41. The molecule has 4 rings (SSSR count). The van der Waals surface area contributed by atoms with E-state index in [1.165, 1.54) is 11.3 Å². The molecule has 104 valence electrons. The number of aromatic nitrogens is 6. The Labute approximate surface area is 128 Å². The van der Waals surface area contributed by atoms with E-state index in [9.17, 15) is 0 Å². The number of benzene rings is 1. The van der Waals surface area contributed by atoms with E-state index in [1.54, 1.807) is 4.52 Å². The Hall–Kier alpha value is -2.25. The minimum absolute atomic E-state index is 0.655. The maximum Gasteiger partial charge on any atom is 0.235 e. The molecule has 1 N–H and O–H groups in total. The molecule has 0 atom stereocenters. The van der Waals surface area contributed by atoms with Crippen molar-refractivity contribution in [2.45, 2.75) is 6.92 Å². The summed E-state index contributed by atoms with van der Waals surface area (Å²) in [6.45, 7) is 1.95. The summed E-state index contributed by atoms with van der Waals surface area (Å²) in [4.78, 5) is 0.723. The lowest BCUT2D eigenvalue weighted by Gasteiger charge is -1.97. The third-order valence-corrected chi connectivity index (χ3v) is 4.16. The highest BCUT2D eigenvalue weighted by Crippen LogP contribution is 2.28. The molecule has 0 aliphatic rings. The van der Waals surface area contributed by atoms with Gasteiger partial charge < -0.3 is 0 Å². The van der Waals surface area contributed by atoms with Crippen molar-refractivity contribution in [1.82, 2.24) is 30.0 Å². The van der Waals surface area contributed by atoms with Crippen molar-refractivity contribution in [3.63, 3.8) is 0 Å². The van der Waals surface area contributed by atoms with Crippen molar-refractivity contribution in [2.24, 2.45) is 0 Å². The van der Waals surface area contributed by atoms with E-state index < -0.39 is 0 Å². The van der Waals surface area contributed by atoms with Crippen molar-refractivity contribution in [3.05, 3.63) is 41.0 Å². The first-order chi connectivity index (χ1) is 10.2. The van der Waals surface area contributed by atoms with Crippen LogP contribution in [-0.4, -0.2) is 30.0 Å². The molecule has 6 nitrogen and oxygen atoms in total. The van der Waals surface area contributed by atoms with Crippen LogP contribution in [0.2, 0.25) is 5.02 Å². The second-order valence-electron chi connectivity index (χ2n) is 4.57. The molecule has 0 aliphatic carbocycles. The zero-order valence-corrected chi connectivity index (χ0v) is 12.5. The summed E-state index contributed by atoms with van der Waals surface area (Å²) in [6.07, 6.45) is 0. The van der Waals surface area contributed by atoms with Gasteiger partial charge in [-0.25, -0.2) is 0 Å². The first-order valence-electron chi connectivity index (χ1n) is 6.21. The molecule has 3 heterocycles. The summed E-state index contributed by atoms with van der Waals surface area (Å²) in [5.41, 5.74) is 2.68. The Kier molecular flexibility index (Phi) is 2.76. The largest absolute Gasteiger partial charge is 0.282 e. The van der Waals surface area contributed by atoms with Crippen LogP contribution in [0.1, 0.15) is 5.69 Å². The average molecular weight is 317 g/mol. The van der Waals surface area contributed by atoms with Crippen molar-refractivity contribution < 1.29 is 0 Å². The molecule has 8 heteroatoms. The summed E-state index contributed by atoms with van der Waals surface area (Å²) in [5, 5.41) is 21.5. The van der Waals surface area contributed by atoms with Crippen molar-refractivity contribution in [1.29, 1.82) is 0 Å². The molecule has 3 aromatic heterocycles. The number of nitrogens with zero attached hydrogens (tertiary/aromatic N) is 5. The molecule has 0 amide bonds. The van der Waals surface area contributed by atoms with E-state index in [2.05, 4.69) is 25.5 Å². The van der Waals surface area contributed by atoms with E-state index >= 15 is 0 Å². The van der Waals surface area contributed by atoms with E-state index in [4.69, 9.17) is 11.6 Å². The maximum absolute atomic E-state index is 6.03. The number of halogens is 1. The van der Waals surface area contributed by atoms with Gasteiger partial charge in [0.15, 0.2) is 10.8 Å². The quantitative estimate of drug-likeness (QED) is 0.616. The third kappa shape index (κ3) is 2.10. The van der Waals surface area contributed by atoms with Gasteiger partial charge in [-0.1, -0.05) is 35.1 Å². The lowest BCUT2D eigenvalue weighted by atomic mass is 10.2. The van der Waals surface area contributed by atoms with Crippen LogP contribution in [0.4, 0.5) is 0 Å². The number of nitrogens with one attached hydrogen (secondary N) is 1. The predicted octanol–water partition coefficient (Wildman–Crippen LogP) is 3.20. The van der Waals surface area contributed by atoms with E-state index in [0.717, 1.165) is 26.9 Å². The summed E-state index contributed by atoms with van der Waals surface area (Å²) in [6, 6.07) is 9.42. The lowest BCUT2D eigenvalue weighted by Crippen LogP contribution is -1.91. The van der Waals surface area contributed by atoms with Gasteiger partial charge in [-0.05, 0) is 25.1 Å². The molecule has 0 bridgehead atoms. The lowest BCUT2D eigenvalue weighted by molar-refractivity contribution is 0.962. The fourth-order valence-corrected chi connectivity index (χ4v) is 3.05. The fraction of sp³-hybridized carbons (Fsp3) is 0.0769. The normalized spacial score (nSPS) is 11.3. The first kappa shape index (κ1) is 12.5. The van der Waals surface area contributed by atoms with Gasteiger partial charge in [0.05, 0.1) is 0 Å². The van der Waals surface area contributed by atoms with E-state index in [1.807, 2.05) is 37.3 Å². The fourth-order valence-electron chi connectivity index (χ4n) is 2.06. The molecule has 1 aromatic carbocycles.